The Bertz CT molecular complexity index is 744. The van der Waals surface area contributed by atoms with Crippen LogP contribution in [0.4, 0.5) is 0 Å². The second-order valence-corrected chi connectivity index (χ2v) is 5.81. The molecule has 0 radical (unpaired) electrons. The number of hydrogen-bond acceptors (Lipinski definition) is 3. The number of amides is 1. The number of ether oxygens (including phenoxy) is 1. The summed E-state index contributed by atoms with van der Waals surface area (Å²) in [5.74, 6) is 0.347. The Kier molecular flexibility index (Phi) is 4.63. The summed E-state index contributed by atoms with van der Waals surface area (Å²) in [6, 6.07) is 15.4. The minimum atomic E-state index is -0.173. The summed E-state index contributed by atoms with van der Waals surface area (Å²) in [4.78, 5) is 12.2. The van der Waals surface area contributed by atoms with Crippen molar-refractivity contribution in [3.05, 3.63) is 64.7 Å². The fraction of sp³-hybridized carbons (Fsp3) is 0.222. The normalized spacial score (nSPS) is 13.8. The molecule has 0 aliphatic carbocycles. The van der Waals surface area contributed by atoms with Gasteiger partial charge in [-0.25, -0.2) is 5.01 Å². The monoisotopic (exact) mass is 328 g/mol. The predicted molar refractivity (Wildman–Crippen MR) is 91.0 cm³/mol. The first-order valence-electron chi connectivity index (χ1n) is 7.46. The number of carbonyl (C=O) groups excluding carboxylic acids is 1. The van der Waals surface area contributed by atoms with Crippen LogP contribution in [0.25, 0.3) is 0 Å². The molecule has 0 saturated heterocycles. The lowest BCUT2D eigenvalue weighted by molar-refractivity contribution is -0.132. The summed E-state index contributed by atoms with van der Waals surface area (Å²) in [7, 11) is 0. The maximum atomic E-state index is 12.2. The minimum Gasteiger partial charge on any atom is -0.482 e. The molecule has 0 spiro atoms. The summed E-state index contributed by atoms with van der Waals surface area (Å²) in [6.45, 7) is 2.45. The SMILES string of the molecule is Cc1ccc(Cl)c(OCC(=O)N2CCC(c3ccccc3)=N2)c1. The molecule has 3 rings (SSSR count). The smallest absolute Gasteiger partial charge is 0.280 e. The molecule has 2 aromatic rings. The van der Waals surface area contributed by atoms with Crippen molar-refractivity contribution in [2.75, 3.05) is 13.2 Å². The molecule has 23 heavy (non-hydrogen) atoms. The number of rotatable bonds is 4. The fourth-order valence-corrected chi connectivity index (χ4v) is 2.58. The number of benzene rings is 2. The second kappa shape index (κ2) is 6.84. The van der Waals surface area contributed by atoms with Gasteiger partial charge in [-0.1, -0.05) is 48.0 Å². The average Bonchev–Trinajstić information content (AvgIpc) is 3.06. The maximum Gasteiger partial charge on any atom is 0.280 e. The van der Waals surface area contributed by atoms with E-state index in [0.717, 1.165) is 23.3 Å². The van der Waals surface area contributed by atoms with Crippen LogP contribution in [0.1, 0.15) is 17.5 Å². The van der Waals surface area contributed by atoms with Crippen LogP contribution in [-0.2, 0) is 4.79 Å². The average molecular weight is 329 g/mol. The minimum absolute atomic E-state index is 0.0747. The zero-order valence-corrected chi connectivity index (χ0v) is 13.6. The molecule has 0 saturated carbocycles. The van der Waals surface area contributed by atoms with Crippen molar-refractivity contribution in [1.29, 1.82) is 0 Å². The van der Waals surface area contributed by atoms with Crippen LogP contribution in [0.2, 0.25) is 5.02 Å². The van der Waals surface area contributed by atoms with Gasteiger partial charge in [0, 0.05) is 6.42 Å². The van der Waals surface area contributed by atoms with E-state index in [1.54, 1.807) is 6.07 Å². The molecule has 0 N–H and O–H groups in total. The van der Waals surface area contributed by atoms with E-state index in [1.165, 1.54) is 5.01 Å². The van der Waals surface area contributed by atoms with Crippen LogP contribution in [0.5, 0.6) is 5.75 Å². The molecule has 4 nitrogen and oxygen atoms in total. The van der Waals surface area contributed by atoms with Gasteiger partial charge in [0.25, 0.3) is 5.91 Å². The molecule has 0 fully saturated rings. The summed E-state index contributed by atoms with van der Waals surface area (Å²) >= 11 is 6.07. The molecule has 118 valence electrons. The lowest BCUT2D eigenvalue weighted by Gasteiger charge is -2.13. The van der Waals surface area contributed by atoms with Gasteiger partial charge in [-0.05, 0) is 30.2 Å². The Morgan fingerprint density at radius 2 is 2.04 bits per heavy atom. The lowest BCUT2D eigenvalue weighted by atomic mass is 10.1. The van der Waals surface area contributed by atoms with E-state index in [1.807, 2.05) is 49.4 Å². The van der Waals surface area contributed by atoms with Crippen LogP contribution < -0.4 is 4.74 Å². The second-order valence-electron chi connectivity index (χ2n) is 5.40. The Balaban J connectivity index is 1.63. The van der Waals surface area contributed by atoms with Gasteiger partial charge >= 0.3 is 0 Å². The third kappa shape index (κ3) is 3.71. The van der Waals surface area contributed by atoms with Crippen LogP contribution in [-0.4, -0.2) is 29.8 Å². The first-order valence-corrected chi connectivity index (χ1v) is 7.83. The van der Waals surface area contributed by atoms with Gasteiger partial charge in [0.05, 0.1) is 17.3 Å². The first kappa shape index (κ1) is 15.6. The van der Waals surface area contributed by atoms with Crippen molar-refractivity contribution in [1.82, 2.24) is 5.01 Å². The van der Waals surface area contributed by atoms with Gasteiger partial charge in [-0.15, -0.1) is 0 Å². The molecule has 1 amide bonds. The Hall–Kier alpha value is -2.33. The van der Waals surface area contributed by atoms with Gasteiger partial charge in [0.15, 0.2) is 6.61 Å². The zero-order valence-electron chi connectivity index (χ0n) is 12.8. The summed E-state index contributed by atoms with van der Waals surface area (Å²) in [5, 5.41) is 6.36. The lowest BCUT2D eigenvalue weighted by Crippen LogP contribution is -2.28. The van der Waals surface area contributed by atoms with Crippen molar-refractivity contribution in [2.45, 2.75) is 13.3 Å². The molecule has 1 aliphatic heterocycles. The van der Waals surface area contributed by atoms with E-state index in [0.29, 0.717) is 17.3 Å². The molecule has 1 heterocycles. The quantitative estimate of drug-likeness (QED) is 0.859. The van der Waals surface area contributed by atoms with E-state index < -0.39 is 0 Å². The molecule has 5 heteroatoms. The van der Waals surface area contributed by atoms with Gasteiger partial charge in [-0.2, -0.15) is 5.10 Å². The van der Waals surface area contributed by atoms with E-state index in [-0.39, 0.29) is 12.5 Å². The number of nitrogens with zero attached hydrogens (tertiary/aromatic N) is 2. The molecular weight excluding hydrogens is 312 g/mol. The Morgan fingerprint density at radius 3 is 2.83 bits per heavy atom. The highest BCUT2D eigenvalue weighted by molar-refractivity contribution is 6.32. The van der Waals surface area contributed by atoms with Crippen LogP contribution in [0.3, 0.4) is 0 Å². The van der Waals surface area contributed by atoms with Crippen molar-refractivity contribution in [3.63, 3.8) is 0 Å². The third-order valence-electron chi connectivity index (χ3n) is 3.63. The zero-order chi connectivity index (χ0) is 16.2. The number of halogens is 1. The summed E-state index contributed by atoms with van der Waals surface area (Å²) in [5.41, 5.74) is 3.00. The molecule has 2 aromatic carbocycles. The van der Waals surface area contributed by atoms with E-state index >= 15 is 0 Å². The first-order chi connectivity index (χ1) is 11.1. The van der Waals surface area contributed by atoms with E-state index in [9.17, 15) is 4.79 Å². The molecule has 1 aliphatic rings. The van der Waals surface area contributed by atoms with Gasteiger partial charge in [0.2, 0.25) is 0 Å². The fourth-order valence-electron chi connectivity index (χ4n) is 2.41. The molecule has 0 aromatic heterocycles. The highest BCUT2D eigenvalue weighted by atomic mass is 35.5. The molecule has 0 bridgehead atoms. The Labute approximate surface area is 140 Å². The molecule has 0 atom stereocenters. The van der Waals surface area contributed by atoms with Crippen molar-refractivity contribution in [2.24, 2.45) is 5.10 Å². The van der Waals surface area contributed by atoms with Gasteiger partial charge < -0.3 is 4.74 Å². The van der Waals surface area contributed by atoms with Crippen molar-refractivity contribution < 1.29 is 9.53 Å². The van der Waals surface area contributed by atoms with Crippen LogP contribution in [0.15, 0.2) is 53.6 Å². The predicted octanol–water partition coefficient (Wildman–Crippen LogP) is 3.66. The highest BCUT2D eigenvalue weighted by Crippen LogP contribution is 2.25. The van der Waals surface area contributed by atoms with Crippen molar-refractivity contribution in [3.8, 4) is 5.75 Å². The van der Waals surface area contributed by atoms with Gasteiger partial charge in [-0.3, -0.25) is 4.79 Å². The Morgan fingerprint density at radius 1 is 1.26 bits per heavy atom. The van der Waals surface area contributed by atoms with E-state index in [2.05, 4.69) is 5.10 Å². The number of carbonyl (C=O) groups is 1. The van der Waals surface area contributed by atoms with E-state index in [4.69, 9.17) is 16.3 Å². The van der Waals surface area contributed by atoms with Crippen molar-refractivity contribution >= 4 is 23.2 Å². The molecule has 0 unspecified atom stereocenters. The van der Waals surface area contributed by atoms with Gasteiger partial charge in [0.1, 0.15) is 5.75 Å². The number of aryl methyl sites for hydroxylation is 1. The topological polar surface area (TPSA) is 41.9 Å². The number of hydrazone groups is 1. The summed E-state index contributed by atoms with van der Waals surface area (Å²) in [6.07, 6.45) is 0.751. The molecular formula is C18H17ClN2O2. The third-order valence-corrected chi connectivity index (χ3v) is 3.95. The van der Waals surface area contributed by atoms with Crippen LogP contribution in [0, 0.1) is 6.92 Å². The number of hydrogen-bond donors (Lipinski definition) is 0. The maximum absolute atomic E-state index is 12.2. The van der Waals surface area contributed by atoms with Crippen LogP contribution >= 0.6 is 11.6 Å². The largest absolute Gasteiger partial charge is 0.482 e. The standard InChI is InChI=1S/C18H17ClN2O2/c1-13-7-8-15(19)17(11-13)23-12-18(22)21-10-9-16(20-21)14-5-3-2-4-6-14/h2-8,11H,9-10,12H2,1H3. The highest BCUT2D eigenvalue weighted by Gasteiger charge is 2.22. The summed E-state index contributed by atoms with van der Waals surface area (Å²) < 4.78 is 5.54.